The Kier molecular flexibility index (Phi) is 7.22. The smallest absolute Gasteiger partial charge is 0.301 e. The van der Waals surface area contributed by atoms with Gasteiger partial charge in [-0.15, -0.1) is 10.2 Å². The van der Waals surface area contributed by atoms with Crippen LogP contribution in [0.2, 0.25) is 5.02 Å². The molecule has 1 aliphatic heterocycles. The van der Waals surface area contributed by atoms with Gasteiger partial charge in [-0.3, -0.25) is 19.5 Å². The minimum atomic E-state index is -0.903. The zero-order valence-electron chi connectivity index (χ0n) is 19.4. The van der Waals surface area contributed by atoms with Crippen molar-refractivity contribution < 1.29 is 19.4 Å². The molecule has 1 amide bonds. The fourth-order valence-corrected chi connectivity index (χ4v) is 6.06. The van der Waals surface area contributed by atoms with Crippen LogP contribution in [-0.4, -0.2) is 39.1 Å². The lowest BCUT2D eigenvalue weighted by Gasteiger charge is -2.22. The zero-order valence-corrected chi connectivity index (χ0v) is 21.8. The van der Waals surface area contributed by atoms with E-state index < -0.39 is 17.7 Å². The zero-order chi connectivity index (χ0) is 25.9. The Balaban J connectivity index is 1.52. The van der Waals surface area contributed by atoms with E-state index in [-0.39, 0.29) is 16.5 Å². The highest BCUT2D eigenvalue weighted by Crippen LogP contribution is 2.44. The number of ketones is 1. The maximum absolute atomic E-state index is 13.3. The van der Waals surface area contributed by atoms with Crippen molar-refractivity contribution in [2.75, 3.05) is 12.0 Å². The van der Waals surface area contributed by atoms with Gasteiger partial charge in [0.25, 0.3) is 5.78 Å². The number of amides is 1. The second-order valence-electron chi connectivity index (χ2n) is 7.91. The first-order chi connectivity index (χ1) is 18.0. The van der Waals surface area contributed by atoms with E-state index in [4.69, 9.17) is 16.3 Å². The van der Waals surface area contributed by atoms with Gasteiger partial charge in [0.1, 0.15) is 11.5 Å². The van der Waals surface area contributed by atoms with Crippen LogP contribution >= 0.6 is 34.7 Å². The number of aliphatic hydroxyl groups is 1. The molecular formula is C26H19ClN4O4S2. The van der Waals surface area contributed by atoms with Crippen molar-refractivity contribution in [1.82, 2.24) is 15.2 Å². The number of rotatable bonds is 7. The molecule has 0 spiro atoms. The fourth-order valence-electron chi connectivity index (χ4n) is 3.91. The van der Waals surface area contributed by atoms with E-state index in [0.29, 0.717) is 32.0 Å². The van der Waals surface area contributed by atoms with Crippen LogP contribution < -0.4 is 9.64 Å². The van der Waals surface area contributed by atoms with Crippen LogP contribution in [0.25, 0.3) is 5.76 Å². The number of halogens is 1. The molecule has 0 saturated carbocycles. The molecule has 1 aliphatic rings. The third-order valence-electron chi connectivity index (χ3n) is 5.74. The molecule has 1 fully saturated rings. The number of Topliss-reactive ketones (excluding diaryl/α,β-unsaturated/α-hetero) is 1. The molecule has 11 heteroatoms. The highest BCUT2D eigenvalue weighted by molar-refractivity contribution is 8.00. The summed E-state index contributed by atoms with van der Waals surface area (Å²) in [5.41, 5.74) is 1.89. The quantitative estimate of drug-likeness (QED) is 0.105. The van der Waals surface area contributed by atoms with Crippen molar-refractivity contribution >= 4 is 57.3 Å². The lowest BCUT2D eigenvalue weighted by Crippen LogP contribution is -2.29. The Morgan fingerprint density at radius 2 is 1.81 bits per heavy atom. The van der Waals surface area contributed by atoms with Crippen LogP contribution in [0.5, 0.6) is 5.75 Å². The summed E-state index contributed by atoms with van der Waals surface area (Å²) in [5.74, 6) is -0.731. The first-order valence-corrected chi connectivity index (χ1v) is 13.2. The highest BCUT2D eigenvalue weighted by Gasteiger charge is 2.48. The largest absolute Gasteiger partial charge is 0.507 e. The number of aliphatic hydroxyl groups excluding tert-OH is 1. The van der Waals surface area contributed by atoms with Crippen molar-refractivity contribution in [2.45, 2.75) is 16.1 Å². The first-order valence-electron chi connectivity index (χ1n) is 11.0. The van der Waals surface area contributed by atoms with E-state index in [1.54, 1.807) is 48.8 Å². The summed E-state index contributed by atoms with van der Waals surface area (Å²) in [4.78, 5) is 31.9. The molecule has 1 N–H and O–H groups in total. The first kappa shape index (κ1) is 24.9. The summed E-state index contributed by atoms with van der Waals surface area (Å²) < 4.78 is 5.79. The second-order valence-corrected chi connectivity index (χ2v) is 10.5. The minimum Gasteiger partial charge on any atom is -0.507 e. The van der Waals surface area contributed by atoms with Gasteiger partial charge in [0, 0.05) is 28.7 Å². The summed E-state index contributed by atoms with van der Waals surface area (Å²) >= 11 is 8.87. The van der Waals surface area contributed by atoms with Gasteiger partial charge in [0.15, 0.2) is 4.34 Å². The lowest BCUT2D eigenvalue weighted by molar-refractivity contribution is -0.132. The van der Waals surface area contributed by atoms with Gasteiger partial charge in [-0.05, 0) is 53.6 Å². The number of aromatic nitrogens is 3. The topological polar surface area (TPSA) is 106 Å². The Bertz CT molecular complexity index is 1490. The number of hydrogen-bond acceptors (Lipinski definition) is 9. The summed E-state index contributed by atoms with van der Waals surface area (Å²) in [7, 11) is 1.53. The lowest BCUT2D eigenvalue weighted by atomic mass is 9.96. The number of carbonyl (C=O) groups is 2. The number of anilines is 1. The Hall–Kier alpha value is -3.73. The summed E-state index contributed by atoms with van der Waals surface area (Å²) in [6.07, 6.45) is 3.13. The average Bonchev–Trinajstić information content (AvgIpc) is 3.50. The van der Waals surface area contributed by atoms with E-state index in [0.717, 1.165) is 5.56 Å². The summed E-state index contributed by atoms with van der Waals surface area (Å²) in [5, 5.41) is 20.5. The van der Waals surface area contributed by atoms with Gasteiger partial charge in [0.05, 0.1) is 18.7 Å². The van der Waals surface area contributed by atoms with Crippen LogP contribution in [0.1, 0.15) is 22.7 Å². The molecule has 2 aromatic carbocycles. The van der Waals surface area contributed by atoms with Crippen LogP contribution in [0.4, 0.5) is 5.13 Å². The van der Waals surface area contributed by atoms with Gasteiger partial charge in [-0.2, -0.15) is 0 Å². The van der Waals surface area contributed by atoms with Crippen LogP contribution in [0.3, 0.4) is 0 Å². The third kappa shape index (κ3) is 4.95. The minimum absolute atomic E-state index is 0.0400. The number of nitrogens with zero attached hydrogens (tertiary/aromatic N) is 4. The van der Waals surface area contributed by atoms with Gasteiger partial charge in [-0.25, -0.2) is 0 Å². The van der Waals surface area contributed by atoms with Crippen molar-refractivity contribution in [3.63, 3.8) is 0 Å². The van der Waals surface area contributed by atoms with E-state index in [9.17, 15) is 14.7 Å². The van der Waals surface area contributed by atoms with Gasteiger partial charge in [0.2, 0.25) is 5.13 Å². The Morgan fingerprint density at radius 3 is 2.51 bits per heavy atom. The standard InChI is InChI=1S/C26H19ClN4O4S2/c1-35-18-8-6-16(7-9-18)22(32)20-21(15-10-12-28-13-11-15)31(24(34)23(20)33)25-29-30-26(37-25)36-14-17-4-2-3-5-19(17)27/h2-13,21,32H,14H2,1H3/t21-/m1/s1. The molecule has 4 aromatic rings. The number of thioether (sulfide) groups is 1. The molecule has 0 unspecified atom stereocenters. The highest BCUT2D eigenvalue weighted by atomic mass is 35.5. The predicted octanol–water partition coefficient (Wildman–Crippen LogP) is 5.51. The van der Waals surface area contributed by atoms with Crippen molar-refractivity contribution in [3.05, 3.63) is 100 Å². The molecule has 1 saturated heterocycles. The number of methoxy groups -OCH3 is 1. The number of hydrogen-bond donors (Lipinski definition) is 1. The van der Waals surface area contributed by atoms with Crippen molar-refractivity contribution in [3.8, 4) is 5.75 Å². The molecular weight excluding hydrogens is 532 g/mol. The van der Waals surface area contributed by atoms with Gasteiger partial charge < -0.3 is 9.84 Å². The third-order valence-corrected chi connectivity index (χ3v) is 8.21. The number of carbonyl (C=O) groups excluding carboxylic acids is 2. The second kappa shape index (κ2) is 10.7. The Labute approximate surface area is 225 Å². The molecule has 1 atom stereocenters. The molecule has 5 rings (SSSR count). The fraction of sp³-hybridized carbons (Fsp3) is 0.115. The summed E-state index contributed by atoms with van der Waals surface area (Å²) in [6, 6.07) is 16.6. The van der Waals surface area contributed by atoms with Gasteiger partial charge >= 0.3 is 5.91 Å². The molecule has 3 heterocycles. The molecule has 8 nitrogen and oxygen atoms in total. The molecule has 0 radical (unpaired) electrons. The van der Waals surface area contributed by atoms with E-state index >= 15 is 0 Å². The number of benzene rings is 2. The number of pyridine rings is 1. The average molecular weight is 551 g/mol. The summed E-state index contributed by atoms with van der Waals surface area (Å²) in [6.45, 7) is 0. The van der Waals surface area contributed by atoms with Crippen molar-refractivity contribution in [1.29, 1.82) is 0 Å². The van der Waals surface area contributed by atoms with E-state index in [2.05, 4.69) is 15.2 Å². The van der Waals surface area contributed by atoms with Crippen LogP contribution in [-0.2, 0) is 15.3 Å². The van der Waals surface area contributed by atoms with Gasteiger partial charge in [-0.1, -0.05) is 52.9 Å². The Morgan fingerprint density at radius 1 is 1.08 bits per heavy atom. The molecule has 186 valence electrons. The van der Waals surface area contributed by atoms with E-state index in [1.807, 2.05) is 24.3 Å². The molecule has 37 heavy (non-hydrogen) atoms. The predicted molar refractivity (Wildman–Crippen MR) is 143 cm³/mol. The van der Waals surface area contributed by atoms with Crippen LogP contribution in [0.15, 0.2) is 83.0 Å². The number of ether oxygens (including phenoxy) is 1. The monoisotopic (exact) mass is 550 g/mol. The SMILES string of the molecule is COc1ccc(C(O)=C2C(=O)C(=O)N(c3nnc(SCc4ccccc4Cl)s3)[C@@H]2c2ccncc2)cc1. The van der Waals surface area contributed by atoms with Crippen LogP contribution in [0, 0.1) is 0 Å². The molecule has 0 bridgehead atoms. The van der Waals surface area contributed by atoms with Crippen molar-refractivity contribution in [2.24, 2.45) is 0 Å². The van der Waals surface area contributed by atoms with E-state index in [1.165, 1.54) is 35.1 Å². The maximum Gasteiger partial charge on any atom is 0.301 e. The molecule has 0 aliphatic carbocycles. The molecule has 2 aromatic heterocycles. The normalized spacial score (nSPS) is 16.8. The maximum atomic E-state index is 13.3.